The van der Waals surface area contributed by atoms with Gasteiger partial charge in [0.05, 0.1) is 0 Å². The maximum Gasteiger partial charge on any atom is 0.115 e. The predicted octanol–water partition coefficient (Wildman–Crippen LogP) is 1.56. The quantitative estimate of drug-likeness (QED) is 0.453. The maximum absolute atomic E-state index is 9.15. The van der Waals surface area contributed by atoms with Gasteiger partial charge in [0.2, 0.25) is 0 Å². The average Bonchev–Trinajstić information content (AvgIpc) is 2.26. The molecule has 1 rings (SSSR count). The molecule has 1 aromatic rings. The average molecular weight is 224 g/mol. The minimum Gasteiger partial charge on any atom is -0.508 e. The fourth-order valence-corrected chi connectivity index (χ4v) is 1.43. The van der Waals surface area contributed by atoms with Crippen LogP contribution in [-0.4, -0.2) is 18.2 Å². The van der Waals surface area contributed by atoms with Crippen molar-refractivity contribution < 1.29 is 5.11 Å². The van der Waals surface area contributed by atoms with E-state index in [0.717, 1.165) is 24.2 Å². The molecule has 0 radical (unpaired) electrons. The van der Waals surface area contributed by atoms with Gasteiger partial charge in [-0.2, -0.15) is 0 Å². The summed E-state index contributed by atoms with van der Waals surface area (Å²) in [6, 6.07) is 6.98. The topological polar surface area (TPSA) is 58.3 Å². The molecule has 0 saturated heterocycles. The Morgan fingerprint density at radius 1 is 1.40 bits per heavy atom. The first-order chi connectivity index (χ1) is 7.27. The van der Waals surface area contributed by atoms with E-state index in [1.807, 2.05) is 12.1 Å². The van der Waals surface area contributed by atoms with Gasteiger partial charge < -0.3 is 16.2 Å². The number of phenolic OH excluding ortho intramolecular Hbond substituents is 1. The third-order valence-electron chi connectivity index (χ3n) is 2.00. The third kappa shape index (κ3) is 3.85. The highest BCUT2D eigenvalue weighted by Gasteiger charge is 1.99. The second-order valence-corrected chi connectivity index (χ2v) is 3.42. The minimum absolute atomic E-state index is 0.263. The van der Waals surface area contributed by atoms with Gasteiger partial charge in [0.25, 0.3) is 0 Å². The third-order valence-corrected chi connectivity index (χ3v) is 2.26. The van der Waals surface area contributed by atoms with Gasteiger partial charge in [-0.1, -0.05) is 0 Å². The van der Waals surface area contributed by atoms with Gasteiger partial charge in [-0.15, -0.1) is 12.6 Å². The van der Waals surface area contributed by atoms with E-state index in [9.17, 15) is 0 Å². The number of hydrogen-bond donors (Lipinski definition) is 4. The normalized spacial score (nSPS) is 11.5. The smallest absolute Gasteiger partial charge is 0.115 e. The largest absolute Gasteiger partial charge is 0.508 e. The van der Waals surface area contributed by atoms with Crippen molar-refractivity contribution in [3.8, 4) is 5.75 Å². The van der Waals surface area contributed by atoms with Crippen LogP contribution in [0.15, 0.2) is 29.7 Å². The van der Waals surface area contributed by atoms with Crippen LogP contribution in [0, 0.1) is 0 Å². The van der Waals surface area contributed by atoms with Crippen molar-refractivity contribution in [2.45, 2.75) is 6.42 Å². The summed E-state index contributed by atoms with van der Waals surface area (Å²) in [6.45, 7) is 1.49. The molecule has 0 aliphatic rings. The van der Waals surface area contributed by atoms with E-state index in [1.165, 1.54) is 0 Å². The molecule has 0 aliphatic heterocycles. The van der Waals surface area contributed by atoms with Crippen LogP contribution >= 0.6 is 12.6 Å². The van der Waals surface area contributed by atoms with Gasteiger partial charge in [-0.05, 0) is 48.2 Å². The Bertz CT molecular complexity index is 322. The van der Waals surface area contributed by atoms with Gasteiger partial charge in [0, 0.05) is 12.2 Å². The summed E-state index contributed by atoms with van der Waals surface area (Å²) in [5, 5.41) is 14.1. The Morgan fingerprint density at radius 3 is 2.60 bits per heavy atom. The highest BCUT2D eigenvalue weighted by molar-refractivity contribution is 7.83. The molecule has 0 spiro atoms. The molecule has 4 heteroatoms. The van der Waals surface area contributed by atoms with Crippen molar-refractivity contribution in [3.63, 3.8) is 0 Å². The molecule has 0 fully saturated rings. The number of hydrogen-bond acceptors (Lipinski definition) is 4. The van der Waals surface area contributed by atoms with E-state index in [-0.39, 0.29) is 5.75 Å². The lowest BCUT2D eigenvalue weighted by atomic mass is 10.1. The van der Waals surface area contributed by atoms with Gasteiger partial charge in [0.1, 0.15) is 5.75 Å². The lowest BCUT2D eigenvalue weighted by Gasteiger charge is -2.09. The number of thiol groups is 1. The van der Waals surface area contributed by atoms with E-state index in [1.54, 1.807) is 17.5 Å². The number of nitrogens with two attached hydrogens (primary N) is 1. The second kappa shape index (κ2) is 6.37. The van der Waals surface area contributed by atoms with Gasteiger partial charge in [-0.25, -0.2) is 0 Å². The van der Waals surface area contributed by atoms with Crippen LogP contribution in [0.2, 0.25) is 0 Å². The Hall–Kier alpha value is -1.13. The van der Waals surface area contributed by atoms with E-state index >= 15 is 0 Å². The van der Waals surface area contributed by atoms with Crippen LogP contribution in [0.5, 0.6) is 5.75 Å². The van der Waals surface area contributed by atoms with E-state index < -0.39 is 0 Å². The summed E-state index contributed by atoms with van der Waals surface area (Å²) in [5.74, 6) is 0.263. The molecule has 0 aliphatic carbocycles. The van der Waals surface area contributed by atoms with Crippen LogP contribution in [0.4, 0.5) is 0 Å². The molecule has 4 N–H and O–H groups in total. The number of rotatable bonds is 5. The highest BCUT2D eigenvalue weighted by atomic mass is 32.1. The fraction of sp³-hybridized carbons (Fsp3) is 0.273. The first-order valence-corrected chi connectivity index (χ1v) is 5.37. The van der Waals surface area contributed by atoms with E-state index in [4.69, 9.17) is 10.8 Å². The molecule has 0 saturated carbocycles. The van der Waals surface area contributed by atoms with Crippen LogP contribution in [-0.2, 0) is 0 Å². The molecule has 0 aromatic heterocycles. The lowest BCUT2D eigenvalue weighted by molar-refractivity contribution is 0.475. The van der Waals surface area contributed by atoms with Gasteiger partial charge in [-0.3, -0.25) is 0 Å². The molecule has 3 nitrogen and oxygen atoms in total. The standard InChI is InChI=1S/C11H16N2OS/c12-6-1-7-13-11(8-15)9-2-4-10(14)5-3-9/h2-5,8,13-15H,1,6-7,12H2/b11-8-. The van der Waals surface area contributed by atoms with Crippen molar-refractivity contribution in [2.75, 3.05) is 13.1 Å². The van der Waals surface area contributed by atoms with Crippen molar-refractivity contribution in [3.05, 3.63) is 35.2 Å². The van der Waals surface area contributed by atoms with Crippen molar-refractivity contribution in [1.29, 1.82) is 0 Å². The van der Waals surface area contributed by atoms with Gasteiger partial charge in [0.15, 0.2) is 0 Å². The molecule has 15 heavy (non-hydrogen) atoms. The predicted molar refractivity (Wildman–Crippen MR) is 66.7 cm³/mol. The maximum atomic E-state index is 9.15. The Balaban J connectivity index is 2.63. The fourth-order valence-electron chi connectivity index (χ4n) is 1.19. The first kappa shape index (κ1) is 11.9. The zero-order chi connectivity index (χ0) is 11.1. The summed E-state index contributed by atoms with van der Waals surface area (Å²) >= 11 is 4.14. The SMILES string of the molecule is NCCCN/C(=C\S)c1ccc(O)cc1. The Kier molecular flexibility index (Phi) is 5.07. The molecule has 1 aromatic carbocycles. The molecule has 0 heterocycles. The first-order valence-electron chi connectivity index (χ1n) is 4.85. The molecule has 0 atom stereocenters. The highest BCUT2D eigenvalue weighted by Crippen LogP contribution is 2.16. The summed E-state index contributed by atoms with van der Waals surface area (Å²) in [5.41, 5.74) is 7.34. The van der Waals surface area contributed by atoms with Crippen molar-refractivity contribution >= 4 is 18.3 Å². The number of benzene rings is 1. The molecular weight excluding hydrogens is 208 g/mol. The molecule has 0 unspecified atom stereocenters. The molecule has 82 valence electrons. The van der Waals surface area contributed by atoms with Crippen molar-refractivity contribution in [2.24, 2.45) is 5.73 Å². The molecule has 0 bridgehead atoms. The minimum atomic E-state index is 0.263. The Morgan fingerprint density at radius 2 is 2.07 bits per heavy atom. The second-order valence-electron chi connectivity index (χ2n) is 3.16. The molecular formula is C11H16N2OS. The summed E-state index contributed by atoms with van der Waals surface area (Å²) in [7, 11) is 0. The van der Waals surface area contributed by atoms with Crippen LogP contribution in [0.1, 0.15) is 12.0 Å². The number of phenols is 1. The number of nitrogens with one attached hydrogen (secondary N) is 1. The van der Waals surface area contributed by atoms with Gasteiger partial charge >= 0.3 is 0 Å². The molecule has 0 amide bonds. The van der Waals surface area contributed by atoms with E-state index in [2.05, 4.69) is 17.9 Å². The summed E-state index contributed by atoms with van der Waals surface area (Å²) < 4.78 is 0. The monoisotopic (exact) mass is 224 g/mol. The zero-order valence-corrected chi connectivity index (χ0v) is 9.37. The summed E-state index contributed by atoms with van der Waals surface area (Å²) in [4.78, 5) is 0. The van der Waals surface area contributed by atoms with Crippen LogP contribution in [0.25, 0.3) is 5.70 Å². The van der Waals surface area contributed by atoms with Crippen molar-refractivity contribution in [1.82, 2.24) is 5.32 Å². The zero-order valence-electron chi connectivity index (χ0n) is 8.48. The van der Waals surface area contributed by atoms with Crippen LogP contribution in [0.3, 0.4) is 0 Å². The Labute approximate surface area is 95.4 Å². The van der Waals surface area contributed by atoms with E-state index in [0.29, 0.717) is 6.54 Å². The lowest BCUT2D eigenvalue weighted by Crippen LogP contribution is -2.16. The van der Waals surface area contributed by atoms with Crippen LogP contribution < -0.4 is 11.1 Å². The summed E-state index contributed by atoms with van der Waals surface area (Å²) in [6.07, 6.45) is 0.920. The number of aromatic hydroxyl groups is 1.